The van der Waals surface area contributed by atoms with Gasteiger partial charge in [-0.3, -0.25) is 0 Å². The van der Waals surface area contributed by atoms with Crippen molar-refractivity contribution in [1.82, 2.24) is 0 Å². The van der Waals surface area contributed by atoms with Gasteiger partial charge in [-0.05, 0) is 25.5 Å². The normalized spacial score (nSPS) is 20.2. The number of nitrogens with zero attached hydrogens (tertiary/aromatic N) is 1. The molecule has 1 heterocycles. The van der Waals surface area contributed by atoms with Crippen LogP contribution in [0.5, 0.6) is 5.75 Å². The van der Waals surface area contributed by atoms with E-state index in [1.807, 2.05) is 32.0 Å². The van der Waals surface area contributed by atoms with E-state index in [1.165, 1.54) is 0 Å². The summed E-state index contributed by atoms with van der Waals surface area (Å²) in [6.45, 7) is 4.36. The highest BCUT2D eigenvalue weighted by Gasteiger charge is 2.26. The maximum Gasteiger partial charge on any atom is 0.217 e. The third-order valence-electron chi connectivity index (χ3n) is 3.27. The van der Waals surface area contributed by atoms with Crippen LogP contribution in [0, 0.1) is 6.92 Å². The molecular weight excluding hydrogens is 230 g/mol. The molecule has 4 heteroatoms. The third-order valence-corrected chi connectivity index (χ3v) is 3.27. The molecule has 0 fully saturated rings. The van der Waals surface area contributed by atoms with Gasteiger partial charge in [0.05, 0.1) is 13.2 Å². The smallest absolute Gasteiger partial charge is 0.217 e. The Kier molecular flexibility index (Phi) is 3.87. The Morgan fingerprint density at radius 1 is 1.56 bits per heavy atom. The summed E-state index contributed by atoms with van der Waals surface area (Å²) in [7, 11) is 1.65. The van der Waals surface area contributed by atoms with Gasteiger partial charge < -0.3 is 14.6 Å². The Bertz CT molecular complexity index is 456. The van der Waals surface area contributed by atoms with E-state index in [-0.39, 0.29) is 6.04 Å². The Labute approximate surface area is 107 Å². The lowest BCUT2D eigenvalue weighted by molar-refractivity contribution is 0.125. The van der Waals surface area contributed by atoms with E-state index in [0.29, 0.717) is 18.9 Å². The SMILES string of the molecule is CC[C@H](O)[C@@H]1COC(c2cccc(OC)c2C)=N1. The highest BCUT2D eigenvalue weighted by Crippen LogP contribution is 2.24. The van der Waals surface area contributed by atoms with Crippen molar-refractivity contribution in [3.05, 3.63) is 29.3 Å². The van der Waals surface area contributed by atoms with Crippen LogP contribution in [0.4, 0.5) is 0 Å². The summed E-state index contributed by atoms with van der Waals surface area (Å²) >= 11 is 0. The fraction of sp³-hybridized carbons (Fsp3) is 0.500. The Balaban J connectivity index is 2.28. The molecule has 2 rings (SSSR count). The highest BCUT2D eigenvalue weighted by atomic mass is 16.5. The largest absolute Gasteiger partial charge is 0.496 e. The lowest BCUT2D eigenvalue weighted by atomic mass is 10.1. The Hall–Kier alpha value is -1.55. The van der Waals surface area contributed by atoms with Gasteiger partial charge in [0.15, 0.2) is 0 Å². The standard InChI is InChI=1S/C14H19NO3/c1-4-12(16)11-8-18-14(15-11)10-6-5-7-13(17-3)9(10)2/h5-7,11-12,16H,4,8H2,1-3H3/t11-,12-/m0/s1. The first-order valence-electron chi connectivity index (χ1n) is 6.20. The molecule has 0 saturated carbocycles. The van der Waals surface area contributed by atoms with Crippen LogP contribution in [-0.4, -0.2) is 36.9 Å². The second-order valence-corrected chi connectivity index (χ2v) is 4.42. The van der Waals surface area contributed by atoms with Crippen molar-refractivity contribution in [2.24, 2.45) is 4.99 Å². The number of aliphatic hydroxyl groups is 1. The minimum absolute atomic E-state index is 0.157. The minimum atomic E-state index is -0.437. The van der Waals surface area contributed by atoms with Crippen LogP contribution in [0.2, 0.25) is 0 Å². The first kappa shape index (κ1) is 12.9. The predicted molar refractivity (Wildman–Crippen MR) is 70.3 cm³/mol. The number of rotatable bonds is 4. The molecule has 1 aromatic rings. The Morgan fingerprint density at radius 2 is 2.33 bits per heavy atom. The molecule has 1 aromatic carbocycles. The Morgan fingerprint density at radius 3 is 3.00 bits per heavy atom. The number of hydrogen-bond acceptors (Lipinski definition) is 4. The number of aliphatic hydroxyl groups excluding tert-OH is 1. The fourth-order valence-electron chi connectivity index (χ4n) is 2.07. The zero-order valence-electron chi connectivity index (χ0n) is 11.0. The van der Waals surface area contributed by atoms with Crippen LogP contribution in [-0.2, 0) is 4.74 Å². The number of methoxy groups -OCH3 is 1. The molecule has 1 aliphatic heterocycles. The van der Waals surface area contributed by atoms with Crippen molar-refractivity contribution in [2.75, 3.05) is 13.7 Å². The topological polar surface area (TPSA) is 51.0 Å². The number of benzene rings is 1. The van der Waals surface area contributed by atoms with Crippen molar-refractivity contribution >= 4 is 5.90 Å². The summed E-state index contributed by atoms with van der Waals surface area (Å²) in [5, 5.41) is 9.78. The first-order chi connectivity index (χ1) is 8.67. The van der Waals surface area contributed by atoms with Gasteiger partial charge in [-0.15, -0.1) is 0 Å². The number of aliphatic imine (C=N–C) groups is 1. The molecule has 2 atom stereocenters. The molecular formula is C14H19NO3. The van der Waals surface area contributed by atoms with Gasteiger partial charge in [0.1, 0.15) is 18.4 Å². The van der Waals surface area contributed by atoms with Gasteiger partial charge >= 0.3 is 0 Å². The summed E-state index contributed by atoms with van der Waals surface area (Å²) in [6.07, 6.45) is 0.246. The molecule has 1 N–H and O–H groups in total. The summed E-state index contributed by atoms with van der Waals surface area (Å²) in [4.78, 5) is 4.45. The van der Waals surface area contributed by atoms with Gasteiger partial charge in [-0.25, -0.2) is 4.99 Å². The molecule has 18 heavy (non-hydrogen) atoms. The van der Waals surface area contributed by atoms with Gasteiger partial charge in [0, 0.05) is 11.1 Å². The molecule has 98 valence electrons. The lowest BCUT2D eigenvalue weighted by Gasteiger charge is -2.10. The van der Waals surface area contributed by atoms with E-state index in [0.717, 1.165) is 16.9 Å². The zero-order valence-corrected chi connectivity index (χ0v) is 11.0. The van der Waals surface area contributed by atoms with Crippen LogP contribution in [0.1, 0.15) is 24.5 Å². The summed E-state index contributed by atoms with van der Waals surface area (Å²) < 4.78 is 10.9. The molecule has 0 amide bonds. The maximum atomic E-state index is 9.78. The minimum Gasteiger partial charge on any atom is -0.496 e. The van der Waals surface area contributed by atoms with Crippen LogP contribution < -0.4 is 4.74 Å². The van der Waals surface area contributed by atoms with E-state index in [4.69, 9.17) is 9.47 Å². The fourth-order valence-corrected chi connectivity index (χ4v) is 2.07. The predicted octanol–water partition coefficient (Wildman–Crippen LogP) is 1.92. The monoisotopic (exact) mass is 249 g/mol. The summed E-state index contributed by atoms with van der Waals surface area (Å²) in [6, 6.07) is 5.62. The molecule has 1 aliphatic rings. The molecule has 0 spiro atoms. The quantitative estimate of drug-likeness (QED) is 0.887. The van der Waals surface area contributed by atoms with Gasteiger partial charge in [0.25, 0.3) is 0 Å². The summed E-state index contributed by atoms with van der Waals surface area (Å²) in [5.74, 6) is 1.42. The van der Waals surface area contributed by atoms with Crippen molar-refractivity contribution in [2.45, 2.75) is 32.4 Å². The molecule has 0 aliphatic carbocycles. The van der Waals surface area contributed by atoms with E-state index in [1.54, 1.807) is 7.11 Å². The lowest BCUT2D eigenvalue weighted by Crippen LogP contribution is -2.24. The van der Waals surface area contributed by atoms with Gasteiger partial charge in [0.2, 0.25) is 5.90 Å². The maximum absolute atomic E-state index is 9.78. The van der Waals surface area contributed by atoms with Crippen molar-refractivity contribution in [3.63, 3.8) is 0 Å². The van der Waals surface area contributed by atoms with Gasteiger partial charge in [-0.2, -0.15) is 0 Å². The average molecular weight is 249 g/mol. The molecule has 0 radical (unpaired) electrons. The molecule has 4 nitrogen and oxygen atoms in total. The third kappa shape index (κ3) is 2.34. The number of ether oxygens (including phenoxy) is 2. The summed E-state index contributed by atoms with van der Waals surface area (Å²) in [5.41, 5.74) is 1.94. The van der Waals surface area contributed by atoms with E-state index in [2.05, 4.69) is 4.99 Å². The van der Waals surface area contributed by atoms with Crippen LogP contribution >= 0.6 is 0 Å². The van der Waals surface area contributed by atoms with Crippen molar-refractivity contribution in [3.8, 4) is 5.75 Å². The van der Waals surface area contributed by atoms with Crippen molar-refractivity contribution < 1.29 is 14.6 Å². The van der Waals surface area contributed by atoms with E-state index < -0.39 is 6.10 Å². The second-order valence-electron chi connectivity index (χ2n) is 4.42. The molecule has 0 aromatic heterocycles. The zero-order chi connectivity index (χ0) is 13.1. The molecule has 0 bridgehead atoms. The van der Waals surface area contributed by atoms with Crippen LogP contribution in [0.3, 0.4) is 0 Å². The second kappa shape index (κ2) is 5.40. The van der Waals surface area contributed by atoms with Crippen LogP contribution in [0.15, 0.2) is 23.2 Å². The van der Waals surface area contributed by atoms with Crippen LogP contribution in [0.25, 0.3) is 0 Å². The first-order valence-corrected chi connectivity index (χ1v) is 6.20. The molecule has 0 unspecified atom stereocenters. The number of hydrogen-bond donors (Lipinski definition) is 1. The van der Waals surface area contributed by atoms with E-state index in [9.17, 15) is 5.11 Å². The average Bonchev–Trinajstić information content (AvgIpc) is 2.87. The van der Waals surface area contributed by atoms with Gasteiger partial charge in [-0.1, -0.05) is 13.0 Å². The highest BCUT2D eigenvalue weighted by molar-refractivity contribution is 5.97. The molecule has 0 saturated heterocycles. The van der Waals surface area contributed by atoms with Crippen molar-refractivity contribution in [1.29, 1.82) is 0 Å². The van der Waals surface area contributed by atoms with E-state index >= 15 is 0 Å².